The first kappa shape index (κ1) is 21.0. The number of amides is 4. The maximum absolute atomic E-state index is 13.0. The summed E-state index contributed by atoms with van der Waals surface area (Å²) >= 11 is 1.41. The first-order valence-electron chi connectivity index (χ1n) is 10.6. The zero-order valence-corrected chi connectivity index (χ0v) is 18.4. The summed E-state index contributed by atoms with van der Waals surface area (Å²) in [6.45, 7) is 0.275. The molecule has 3 heterocycles. The van der Waals surface area contributed by atoms with Gasteiger partial charge in [0.2, 0.25) is 11.8 Å². The van der Waals surface area contributed by atoms with E-state index in [4.69, 9.17) is 0 Å². The standard InChI is InChI=1S/C24H20N4O4S/c29-20-9-8-19(22(31)26-20)28-13-16-7-6-15(11-18(16)23(28)32)21(30)27-24-25-12-17(33-24)10-14-4-2-1-3-5-14/h1-7,11-12,19H,8-10,13H2,(H,25,27,30)(H,26,29,31). The Hall–Kier alpha value is -3.85. The molecule has 1 saturated heterocycles. The Bertz CT molecular complexity index is 1270. The number of imide groups is 1. The Kier molecular flexibility index (Phi) is 5.47. The molecule has 0 saturated carbocycles. The van der Waals surface area contributed by atoms with Crippen molar-refractivity contribution in [3.05, 3.63) is 81.9 Å². The molecule has 1 atom stereocenters. The number of benzene rings is 2. The molecule has 3 aromatic rings. The van der Waals surface area contributed by atoms with Crippen LogP contribution in [0.5, 0.6) is 0 Å². The summed E-state index contributed by atoms with van der Waals surface area (Å²) in [5, 5.41) is 5.57. The molecule has 0 spiro atoms. The fourth-order valence-electron chi connectivity index (χ4n) is 4.11. The first-order valence-corrected chi connectivity index (χ1v) is 11.4. The number of anilines is 1. The number of carbonyl (C=O) groups excluding carboxylic acids is 4. The first-order chi connectivity index (χ1) is 16.0. The average Bonchev–Trinajstić information content (AvgIpc) is 3.38. The highest BCUT2D eigenvalue weighted by molar-refractivity contribution is 7.15. The number of rotatable bonds is 5. The number of fused-ring (bicyclic) bond motifs is 1. The van der Waals surface area contributed by atoms with Crippen LogP contribution in [0.25, 0.3) is 0 Å². The smallest absolute Gasteiger partial charge is 0.257 e. The lowest BCUT2D eigenvalue weighted by atomic mass is 10.0. The van der Waals surface area contributed by atoms with Crippen molar-refractivity contribution in [3.63, 3.8) is 0 Å². The maximum Gasteiger partial charge on any atom is 0.257 e. The highest BCUT2D eigenvalue weighted by Gasteiger charge is 2.39. The Morgan fingerprint density at radius 3 is 2.76 bits per heavy atom. The van der Waals surface area contributed by atoms with Crippen molar-refractivity contribution < 1.29 is 19.2 Å². The summed E-state index contributed by atoms with van der Waals surface area (Å²) in [5.74, 6) is -1.45. The number of aromatic nitrogens is 1. The SMILES string of the molecule is O=C1CCC(N2Cc3ccc(C(=O)Nc4ncc(Cc5ccccc5)s4)cc3C2=O)C(=O)N1. The summed E-state index contributed by atoms with van der Waals surface area (Å²) in [5.41, 5.74) is 2.65. The van der Waals surface area contributed by atoms with Crippen LogP contribution < -0.4 is 10.6 Å². The van der Waals surface area contributed by atoms with Crippen molar-refractivity contribution >= 4 is 40.1 Å². The van der Waals surface area contributed by atoms with Crippen molar-refractivity contribution in [3.8, 4) is 0 Å². The molecule has 1 fully saturated rings. The van der Waals surface area contributed by atoms with E-state index in [0.717, 1.165) is 22.4 Å². The molecular weight excluding hydrogens is 440 g/mol. The molecule has 0 radical (unpaired) electrons. The lowest BCUT2D eigenvalue weighted by molar-refractivity contribution is -0.136. The summed E-state index contributed by atoms with van der Waals surface area (Å²) < 4.78 is 0. The Balaban J connectivity index is 1.27. The van der Waals surface area contributed by atoms with Crippen molar-refractivity contribution in [2.45, 2.75) is 31.8 Å². The largest absolute Gasteiger partial charge is 0.322 e. The maximum atomic E-state index is 13.0. The van der Waals surface area contributed by atoms with Crippen molar-refractivity contribution in [2.24, 2.45) is 0 Å². The normalized spacial score (nSPS) is 17.6. The Morgan fingerprint density at radius 1 is 1.15 bits per heavy atom. The van der Waals surface area contributed by atoms with Crippen molar-refractivity contribution in [2.75, 3.05) is 5.32 Å². The molecule has 2 N–H and O–H groups in total. The van der Waals surface area contributed by atoms with E-state index in [1.165, 1.54) is 16.2 Å². The predicted molar refractivity (Wildman–Crippen MR) is 122 cm³/mol. The van der Waals surface area contributed by atoms with Crippen LogP contribution in [0.4, 0.5) is 5.13 Å². The van der Waals surface area contributed by atoms with E-state index in [2.05, 4.69) is 15.6 Å². The number of piperidine rings is 1. The van der Waals surface area contributed by atoms with Gasteiger partial charge in [-0.1, -0.05) is 36.4 Å². The summed E-state index contributed by atoms with van der Waals surface area (Å²) in [6.07, 6.45) is 2.98. The van der Waals surface area contributed by atoms with Crippen LogP contribution in [0.2, 0.25) is 0 Å². The zero-order chi connectivity index (χ0) is 22.9. The molecule has 0 aliphatic carbocycles. The highest BCUT2D eigenvalue weighted by atomic mass is 32.1. The summed E-state index contributed by atoms with van der Waals surface area (Å²) in [7, 11) is 0. The van der Waals surface area contributed by atoms with E-state index >= 15 is 0 Å². The van der Waals surface area contributed by atoms with Gasteiger partial charge in [0.1, 0.15) is 6.04 Å². The van der Waals surface area contributed by atoms with Crippen molar-refractivity contribution in [1.82, 2.24) is 15.2 Å². The lowest BCUT2D eigenvalue weighted by Gasteiger charge is -2.29. The average molecular weight is 461 g/mol. The molecular formula is C24H20N4O4S. The molecule has 1 aromatic heterocycles. The molecule has 2 aliphatic heterocycles. The minimum atomic E-state index is -0.682. The topological polar surface area (TPSA) is 108 Å². The summed E-state index contributed by atoms with van der Waals surface area (Å²) in [6, 6.07) is 14.3. The van der Waals surface area contributed by atoms with E-state index in [9.17, 15) is 19.2 Å². The van der Waals surface area contributed by atoms with Crippen LogP contribution in [0.1, 0.15) is 49.6 Å². The molecule has 5 rings (SSSR count). The second-order valence-corrected chi connectivity index (χ2v) is 9.14. The highest BCUT2D eigenvalue weighted by Crippen LogP contribution is 2.29. The molecule has 33 heavy (non-hydrogen) atoms. The van der Waals surface area contributed by atoms with Gasteiger partial charge >= 0.3 is 0 Å². The molecule has 4 amide bonds. The van der Waals surface area contributed by atoms with Crippen LogP contribution >= 0.6 is 11.3 Å². The fraction of sp³-hybridized carbons (Fsp3) is 0.208. The summed E-state index contributed by atoms with van der Waals surface area (Å²) in [4.78, 5) is 56.1. The van der Waals surface area contributed by atoms with Gasteiger partial charge in [-0.3, -0.25) is 29.8 Å². The van der Waals surface area contributed by atoms with E-state index < -0.39 is 11.9 Å². The molecule has 8 nitrogen and oxygen atoms in total. The van der Waals surface area contributed by atoms with Gasteiger partial charge in [-0.2, -0.15) is 0 Å². The number of hydrogen-bond donors (Lipinski definition) is 2. The number of thiazole rings is 1. The van der Waals surface area contributed by atoms with E-state index in [-0.39, 0.29) is 30.7 Å². The Labute approximate surface area is 193 Å². The zero-order valence-electron chi connectivity index (χ0n) is 17.5. The molecule has 9 heteroatoms. The molecule has 2 aromatic carbocycles. The minimum Gasteiger partial charge on any atom is -0.322 e. The third-order valence-corrected chi connectivity index (χ3v) is 6.70. The second kappa shape index (κ2) is 8.59. The van der Waals surface area contributed by atoms with Gasteiger partial charge in [-0.25, -0.2) is 4.98 Å². The minimum absolute atomic E-state index is 0.199. The van der Waals surface area contributed by atoms with Gasteiger partial charge in [0.15, 0.2) is 5.13 Å². The molecule has 0 bridgehead atoms. The Morgan fingerprint density at radius 2 is 1.97 bits per heavy atom. The molecule has 2 aliphatic rings. The van der Waals surface area contributed by atoms with E-state index in [0.29, 0.717) is 22.7 Å². The van der Waals surface area contributed by atoms with Gasteiger partial charge in [0.05, 0.1) is 0 Å². The molecule has 166 valence electrons. The van der Waals surface area contributed by atoms with Gasteiger partial charge in [-0.05, 0) is 29.7 Å². The van der Waals surface area contributed by atoms with E-state index in [1.807, 2.05) is 30.3 Å². The van der Waals surface area contributed by atoms with Gasteiger partial charge in [-0.15, -0.1) is 11.3 Å². The molecule has 1 unspecified atom stereocenters. The second-order valence-electron chi connectivity index (χ2n) is 8.02. The van der Waals surface area contributed by atoms with Gasteiger partial charge in [0.25, 0.3) is 11.8 Å². The lowest BCUT2D eigenvalue weighted by Crippen LogP contribution is -2.52. The third-order valence-electron chi connectivity index (χ3n) is 5.79. The number of hydrogen-bond acceptors (Lipinski definition) is 6. The number of nitrogens with one attached hydrogen (secondary N) is 2. The number of carbonyl (C=O) groups is 4. The van der Waals surface area contributed by atoms with Gasteiger partial charge < -0.3 is 4.90 Å². The monoisotopic (exact) mass is 460 g/mol. The van der Waals surface area contributed by atoms with Crippen LogP contribution in [0.15, 0.2) is 54.7 Å². The van der Waals surface area contributed by atoms with Crippen LogP contribution in [0.3, 0.4) is 0 Å². The number of nitrogens with zero attached hydrogens (tertiary/aromatic N) is 2. The van der Waals surface area contributed by atoms with E-state index in [1.54, 1.807) is 24.4 Å². The van der Waals surface area contributed by atoms with Crippen LogP contribution in [0, 0.1) is 0 Å². The predicted octanol–water partition coefficient (Wildman–Crippen LogP) is 2.75. The third kappa shape index (κ3) is 4.27. The fourth-order valence-corrected chi connectivity index (χ4v) is 4.95. The quantitative estimate of drug-likeness (QED) is 0.569. The van der Waals surface area contributed by atoms with Crippen LogP contribution in [-0.4, -0.2) is 39.6 Å². The van der Waals surface area contributed by atoms with Crippen molar-refractivity contribution in [1.29, 1.82) is 0 Å². The van der Waals surface area contributed by atoms with Crippen LogP contribution in [-0.2, 0) is 22.6 Å². The van der Waals surface area contributed by atoms with Gasteiger partial charge in [0, 0.05) is 41.6 Å².